The maximum atomic E-state index is 12.8. The maximum Gasteiger partial charge on any atom is 0.410 e. The summed E-state index contributed by atoms with van der Waals surface area (Å²) < 4.78 is 10.6. The van der Waals surface area contributed by atoms with Crippen LogP contribution >= 0.6 is 0 Å². The molecule has 2 aliphatic rings. The van der Waals surface area contributed by atoms with E-state index in [1.165, 1.54) is 4.90 Å². The first-order valence-electron chi connectivity index (χ1n) is 11.4. The van der Waals surface area contributed by atoms with Gasteiger partial charge in [-0.1, -0.05) is 19.0 Å². The maximum absolute atomic E-state index is 12.8. The van der Waals surface area contributed by atoms with Gasteiger partial charge in [-0.25, -0.2) is 4.79 Å². The molecule has 1 aromatic rings. The Balaban J connectivity index is 1.50. The molecule has 3 amide bonds. The van der Waals surface area contributed by atoms with E-state index in [1.54, 1.807) is 20.8 Å². The molecular formula is C22H35N5O5. The van der Waals surface area contributed by atoms with Crippen molar-refractivity contribution >= 4 is 17.9 Å². The summed E-state index contributed by atoms with van der Waals surface area (Å²) >= 11 is 0. The zero-order valence-corrected chi connectivity index (χ0v) is 19.8. The molecule has 2 saturated heterocycles. The quantitative estimate of drug-likeness (QED) is 0.678. The van der Waals surface area contributed by atoms with Crippen LogP contribution in [0.4, 0.5) is 4.79 Å². The molecule has 3 rings (SSSR count). The average Bonchev–Trinajstić information content (AvgIpc) is 3.20. The Labute approximate surface area is 189 Å². The minimum atomic E-state index is -0.598. The third-order valence-corrected chi connectivity index (χ3v) is 5.65. The summed E-state index contributed by atoms with van der Waals surface area (Å²) in [6, 6.07) is -0.0306. The number of aryl methyl sites for hydroxylation is 1. The summed E-state index contributed by atoms with van der Waals surface area (Å²) in [4.78, 5) is 47.2. The summed E-state index contributed by atoms with van der Waals surface area (Å²) in [6.45, 7) is 11.5. The second kappa shape index (κ2) is 9.87. The molecule has 0 radical (unpaired) electrons. The van der Waals surface area contributed by atoms with Crippen molar-refractivity contribution in [1.29, 1.82) is 0 Å². The molecule has 0 spiro atoms. The Hall–Kier alpha value is -2.65. The lowest BCUT2D eigenvalue weighted by molar-refractivity contribution is -0.143. The standard InChI is InChI=1S/C22H35N5O5/c1-15(2)20-23-17(32-24-20)8-9-18(28)25-10-6-7-16(13-25)27-12-11-26(14-19(27)29)21(30)31-22(3,4)5/h15-16H,6-14H2,1-5H3/t16-/m0/s1. The van der Waals surface area contributed by atoms with Crippen molar-refractivity contribution in [2.45, 2.75) is 77.9 Å². The summed E-state index contributed by atoms with van der Waals surface area (Å²) in [7, 11) is 0. The Bertz CT molecular complexity index is 831. The molecule has 0 bridgehead atoms. The number of amides is 3. The first-order chi connectivity index (χ1) is 15.0. The zero-order valence-electron chi connectivity index (χ0n) is 19.8. The van der Waals surface area contributed by atoms with Crippen LogP contribution in [0.15, 0.2) is 4.52 Å². The van der Waals surface area contributed by atoms with Gasteiger partial charge in [0.2, 0.25) is 17.7 Å². The van der Waals surface area contributed by atoms with E-state index in [0.29, 0.717) is 50.7 Å². The summed E-state index contributed by atoms with van der Waals surface area (Å²) in [5.74, 6) is 1.23. The lowest BCUT2D eigenvalue weighted by Gasteiger charge is -2.43. The van der Waals surface area contributed by atoms with Crippen LogP contribution in [0.5, 0.6) is 0 Å². The minimum Gasteiger partial charge on any atom is -0.444 e. The molecule has 178 valence electrons. The van der Waals surface area contributed by atoms with Crippen molar-refractivity contribution in [1.82, 2.24) is 24.8 Å². The number of rotatable bonds is 5. The lowest BCUT2D eigenvalue weighted by Crippen LogP contribution is -2.59. The minimum absolute atomic E-state index is 0.00864. The number of likely N-dealkylation sites (tertiary alicyclic amines) is 1. The van der Waals surface area contributed by atoms with Crippen LogP contribution in [0.1, 0.15) is 71.5 Å². The predicted octanol–water partition coefficient (Wildman–Crippen LogP) is 2.20. The van der Waals surface area contributed by atoms with E-state index in [9.17, 15) is 14.4 Å². The number of piperidine rings is 1. The number of hydrogen-bond acceptors (Lipinski definition) is 7. The van der Waals surface area contributed by atoms with E-state index in [2.05, 4.69) is 10.1 Å². The second-order valence-electron chi connectivity index (χ2n) is 9.83. The number of ether oxygens (including phenoxy) is 1. The molecule has 0 aromatic carbocycles. The van der Waals surface area contributed by atoms with Gasteiger partial charge in [-0.05, 0) is 33.6 Å². The normalized spacial score (nSPS) is 20.1. The number of carbonyl (C=O) groups is 3. The van der Waals surface area contributed by atoms with Gasteiger partial charge in [-0.15, -0.1) is 0 Å². The molecule has 10 heteroatoms. The SMILES string of the molecule is CC(C)c1noc(CCC(=O)N2CCC[C@H](N3CCN(C(=O)OC(C)(C)C)CC3=O)C2)n1. The van der Waals surface area contributed by atoms with Gasteiger partial charge in [-0.2, -0.15) is 4.98 Å². The molecule has 32 heavy (non-hydrogen) atoms. The highest BCUT2D eigenvalue weighted by Gasteiger charge is 2.36. The van der Waals surface area contributed by atoms with E-state index in [4.69, 9.17) is 9.26 Å². The third kappa shape index (κ3) is 6.20. The monoisotopic (exact) mass is 449 g/mol. The van der Waals surface area contributed by atoms with Gasteiger partial charge in [0.25, 0.3) is 0 Å². The number of piperazine rings is 1. The summed E-state index contributed by atoms with van der Waals surface area (Å²) in [5, 5.41) is 3.93. The van der Waals surface area contributed by atoms with Crippen LogP contribution in [0.25, 0.3) is 0 Å². The Morgan fingerprint density at radius 2 is 1.94 bits per heavy atom. The van der Waals surface area contributed by atoms with Gasteiger partial charge in [-0.3, -0.25) is 14.5 Å². The molecule has 2 fully saturated rings. The Morgan fingerprint density at radius 1 is 1.19 bits per heavy atom. The zero-order chi connectivity index (χ0) is 23.5. The summed E-state index contributed by atoms with van der Waals surface area (Å²) in [6.07, 6.45) is 1.94. The van der Waals surface area contributed by atoms with Gasteiger partial charge in [0.05, 0.1) is 0 Å². The van der Waals surface area contributed by atoms with Crippen molar-refractivity contribution < 1.29 is 23.6 Å². The highest BCUT2D eigenvalue weighted by Crippen LogP contribution is 2.21. The van der Waals surface area contributed by atoms with Crippen molar-refractivity contribution in [2.24, 2.45) is 0 Å². The number of aromatic nitrogens is 2. The molecule has 1 atom stereocenters. The number of hydrogen-bond donors (Lipinski definition) is 0. The van der Waals surface area contributed by atoms with E-state index in [-0.39, 0.29) is 30.3 Å². The molecule has 1 aromatic heterocycles. The van der Waals surface area contributed by atoms with Gasteiger partial charge in [0.1, 0.15) is 12.1 Å². The number of nitrogens with zero attached hydrogens (tertiary/aromatic N) is 5. The fraction of sp³-hybridized carbons (Fsp3) is 0.773. The largest absolute Gasteiger partial charge is 0.444 e. The van der Waals surface area contributed by atoms with E-state index in [0.717, 1.165) is 12.8 Å². The van der Waals surface area contributed by atoms with Crippen LogP contribution in [0.3, 0.4) is 0 Å². The first-order valence-corrected chi connectivity index (χ1v) is 11.4. The third-order valence-electron chi connectivity index (χ3n) is 5.65. The fourth-order valence-electron chi connectivity index (χ4n) is 3.97. The summed E-state index contributed by atoms with van der Waals surface area (Å²) in [5.41, 5.74) is -0.598. The molecule has 10 nitrogen and oxygen atoms in total. The van der Waals surface area contributed by atoms with E-state index < -0.39 is 11.7 Å². The molecule has 2 aliphatic heterocycles. The van der Waals surface area contributed by atoms with Crippen molar-refractivity contribution in [2.75, 3.05) is 32.7 Å². The van der Waals surface area contributed by atoms with Crippen molar-refractivity contribution in [3.63, 3.8) is 0 Å². The van der Waals surface area contributed by atoms with E-state index >= 15 is 0 Å². The molecule has 0 aliphatic carbocycles. The molecule has 0 saturated carbocycles. The predicted molar refractivity (Wildman–Crippen MR) is 116 cm³/mol. The van der Waals surface area contributed by atoms with Crippen molar-refractivity contribution in [3.8, 4) is 0 Å². The highest BCUT2D eigenvalue weighted by molar-refractivity contribution is 5.84. The lowest BCUT2D eigenvalue weighted by atomic mass is 10.0. The highest BCUT2D eigenvalue weighted by atomic mass is 16.6. The van der Waals surface area contributed by atoms with Gasteiger partial charge in [0.15, 0.2) is 5.82 Å². The smallest absolute Gasteiger partial charge is 0.410 e. The molecule has 0 unspecified atom stereocenters. The van der Waals surface area contributed by atoms with Crippen LogP contribution in [0, 0.1) is 0 Å². The van der Waals surface area contributed by atoms with E-state index in [1.807, 2.05) is 23.6 Å². The second-order valence-corrected chi connectivity index (χ2v) is 9.83. The Kier molecular flexibility index (Phi) is 7.40. The average molecular weight is 450 g/mol. The van der Waals surface area contributed by atoms with Crippen LogP contribution in [0.2, 0.25) is 0 Å². The molecule has 3 heterocycles. The molecule has 0 N–H and O–H groups in total. The van der Waals surface area contributed by atoms with Crippen LogP contribution < -0.4 is 0 Å². The Morgan fingerprint density at radius 3 is 2.56 bits per heavy atom. The van der Waals surface area contributed by atoms with Crippen molar-refractivity contribution in [3.05, 3.63) is 11.7 Å². The van der Waals surface area contributed by atoms with Crippen LogP contribution in [-0.4, -0.2) is 87.1 Å². The first kappa shape index (κ1) is 24.0. The van der Waals surface area contributed by atoms with Gasteiger partial charge < -0.3 is 19.1 Å². The topological polar surface area (TPSA) is 109 Å². The fourth-order valence-corrected chi connectivity index (χ4v) is 3.97. The van der Waals surface area contributed by atoms with Gasteiger partial charge in [0, 0.05) is 51.0 Å². The number of carbonyl (C=O) groups excluding carboxylic acids is 3. The van der Waals surface area contributed by atoms with Gasteiger partial charge >= 0.3 is 6.09 Å². The van der Waals surface area contributed by atoms with Crippen LogP contribution in [-0.2, 0) is 20.7 Å². The molecular weight excluding hydrogens is 414 g/mol.